The number of methoxy groups -OCH3 is 1. The van der Waals surface area contributed by atoms with Crippen LogP contribution in [0.5, 0.6) is 0 Å². The van der Waals surface area contributed by atoms with Crippen LogP contribution in [-0.2, 0) is 26.1 Å². The fourth-order valence-corrected chi connectivity index (χ4v) is 5.56. The van der Waals surface area contributed by atoms with Crippen molar-refractivity contribution in [3.05, 3.63) is 65.5 Å². The first kappa shape index (κ1) is 23.9. The summed E-state index contributed by atoms with van der Waals surface area (Å²) in [6.07, 6.45) is 0.746. The first-order valence-corrected chi connectivity index (χ1v) is 11.9. The van der Waals surface area contributed by atoms with Gasteiger partial charge in [-0.15, -0.1) is 0 Å². The van der Waals surface area contributed by atoms with E-state index in [1.165, 1.54) is 35.7 Å². The minimum absolute atomic E-state index is 0.0135. The summed E-state index contributed by atoms with van der Waals surface area (Å²) in [6, 6.07) is 12.1. The summed E-state index contributed by atoms with van der Waals surface area (Å²) < 4.78 is 45.8. The maximum atomic E-state index is 13.5. The number of carbonyl (C=O) groups is 2. The van der Waals surface area contributed by atoms with Crippen molar-refractivity contribution in [2.45, 2.75) is 31.2 Å². The van der Waals surface area contributed by atoms with Gasteiger partial charge in [0.1, 0.15) is 5.82 Å². The summed E-state index contributed by atoms with van der Waals surface area (Å²) in [4.78, 5) is 26.6. The highest BCUT2D eigenvalue weighted by atomic mass is 32.2. The number of piperidine rings is 1. The molecule has 1 aliphatic rings. The fraction of sp³-hybridized carbons (Fsp3) is 0.391. The average Bonchev–Trinajstić information content (AvgIpc) is 2.81. The zero-order chi connectivity index (χ0) is 23.3. The predicted molar refractivity (Wildman–Crippen MR) is 117 cm³/mol. The van der Waals surface area contributed by atoms with Gasteiger partial charge in [-0.25, -0.2) is 17.6 Å². The molecule has 7 nitrogen and oxygen atoms in total. The number of benzene rings is 2. The van der Waals surface area contributed by atoms with Gasteiger partial charge in [0.2, 0.25) is 15.9 Å². The predicted octanol–water partition coefficient (Wildman–Crippen LogP) is 3.06. The molecule has 0 bridgehead atoms. The highest BCUT2D eigenvalue weighted by molar-refractivity contribution is 7.89. The van der Waals surface area contributed by atoms with Gasteiger partial charge in [-0.2, -0.15) is 4.31 Å². The minimum atomic E-state index is -3.91. The van der Waals surface area contributed by atoms with Crippen LogP contribution < -0.4 is 0 Å². The lowest BCUT2D eigenvalue weighted by atomic mass is 9.96. The Hall–Kier alpha value is -2.78. The van der Waals surface area contributed by atoms with Crippen LogP contribution in [0.2, 0.25) is 0 Å². The van der Waals surface area contributed by atoms with E-state index >= 15 is 0 Å². The molecule has 172 valence electrons. The molecule has 0 atom stereocenters. The molecule has 2 aromatic rings. The van der Waals surface area contributed by atoms with Gasteiger partial charge in [-0.05, 0) is 49.6 Å². The highest BCUT2D eigenvalue weighted by Gasteiger charge is 2.35. The van der Waals surface area contributed by atoms with E-state index in [9.17, 15) is 22.4 Å². The number of hydrogen-bond donors (Lipinski definition) is 0. The Bertz CT molecular complexity index is 1080. The zero-order valence-corrected chi connectivity index (χ0v) is 19.0. The number of carbonyl (C=O) groups excluding carboxylic acids is 2. The molecule has 0 N–H and O–H groups in total. The van der Waals surface area contributed by atoms with Crippen LogP contribution in [0.15, 0.2) is 53.4 Å². The molecule has 2 aromatic carbocycles. The second-order valence-electron chi connectivity index (χ2n) is 7.65. The number of ether oxygens (including phenoxy) is 1. The SMILES string of the molecule is CCN(Cc1cccc(F)c1)C(=O)C1CCN(S(=O)(=O)c2ccccc2C(=O)OC)CC1. The lowest BCUT2D eigenvalue weighted by molar-refractivity contribution is -0.137. The summed E-state index contributed by atoms with van der Waals surface area (Å²) in [7, 11) is -2.71. The number of nitrogens with zero attached hydrogens (tertiary/aromatic N) is 2. The van der Waals surface area contributed by atoms with Crippen molar-refractivity contribution in [1.29, 1.82) is 0 Å². The number of rotatable bonds is 7. The van der Waals surface area contributed by atoms with Crippen LogP contribution in [0.3, 0.4) is 0 Å². The third kappa shape index (κ3) is 5.16. The van der Waals surface area contributed by atoms with Crippen molar-refractivity contribution in [3.8, 4) is 0 Å². The maximum absolute atomic E-state index is 13.5. The molecular weight excluding hydrogens is 435 g/mol. The Labute approximate surface area is 187 Å². The van der Waals surface area contributed by atoms with Crippen molar-refractivity contribution < 1.29 is 27.1 Å². The van der Waals surface area contributed by atoms with Gasteiger partial charge < -0.3 is 9.64 Å². The lowest BCUT2D eigenvalue weighted by Crippen LogP contribution is -2.44. The largest absolute Gasteiger partial charge is 0.465 e. The molecular formula is C23H27FN2O5S. The molecule has 3 rings (SSSR count). The number of amides is 1. The Morgan fingerprint density at radius 2 is 1.81 bits per heavy atom. The van der Waals surface area contributed by atoms with Crippen molar-refractivity contribution >= 4 is 21.9 Å². The monoisotopic (exact) mass is 462 g/mol. The Kier molecular flexibility index (Phi) is 7.63. The van der Waals surface area contributed by atoms with Gasteiger partial charge in [0.25, 0.3) is 0 Å². The summed E-state index contributed by atoms with van der Waals surface area (Å²) >= 11 is 0. The first-order valence-electron chi connectivity index (χ1n) is 10.5. The first-order chi connectivity index (χ1) is 15.3. The van der Waals surface area contributed by atoms with E-state index in [4.69, 9.17) is 4.74 Å². The molecule has 0 radical (unpaired) electrons. The third-order valence-electron chi connectivity index (χ3n) is 5.67. The van der Waals surface area contributed by atoms with Crippen LogP contribution in [0, 0.1) is 11.7 Å². The fourth-order valence-electron chi connectivity index (χ4n) is 3.91. The summed E-state index contributed by atoms with van der Waals surface area (Å²) in [5, 5.41) is 0. The van der Waals surface area contributed by atoms with E-state index in [0.29, 0.717) is 31.5 Å². The molecule has 32 heavy (non-hydrogen) atoms. The van der Waals surface area contributed by atoms with Gasteiger partial charge in [-0.1, -0.05) is 24.3 Å². The summed E-state index contributed by atoms with van der Waals surface area (Å²) in [5.41, 5.74) is 0.695. The average molecular weight is 463 g/mol. The summed E-state index contributed by atoms with van der Waals surface area (Å²) in [6.45, 7) is 2.98. The second kappa shape index (κ2) is 10.2. The van der Waals surface area contributed by atoms with E-state index in [0.717, 1.165) is 0 Å². The van der Waals surface area contributed by atoms with Gasteiger partial charge in [-0.3, -0.25) is 4.79 Å². The molecule has 1 aliphatic heterocycles. The summed E-state index contributed by atoms with van der Waals surface area (Å²) in [5.74, 6) is -1.45. The van der Waals surface area contributed by atoms with E-state index in [1.54, 1.807) is 29.2 Å². The van der Waals surface area contributed by atoms with Crippen molar-refractivity contribution in [3.63, 3.8) is 0 Å². The molecule has 0 spiro atoms. The molecule has 0 unspecified atom stereocenters. The molecule has 1 amide bonds. The van der Waals surface area contributed by atoms with Crippen molar-refractivity contribution in [2.75, 3.05) is 26.7 Å². The highest BCUT2D eigenvalue weighted by Crippen LogP contribution is 2.27. The quantitative estimate of drug-likeness (QED) is 0.591. The topological polar surface area (TPSA) is 84.0 Å². The van der Waals surface area contributed by atoms with Crippen LogP contribution in [0.25, 0.3) is 0 Å². The van der Waals surface area contributed by atoms with Gasteiger partial charge in [0.15, 0.2) is 0 Å². The van der Waals surface area contributed by atoms with Gasteiger partial charge >= 0.3 is 5.97 Å². The number of hydrogen-bond acceptors (Lipinski definition) is 5. The minimum Gasteiger partial charge on any atom is -0.465 e. The van der Waals surface area contributed by atoms with E-state index in [-0.39, 0.29) is 41.2 Å². The molecule has 1 fully saturated rings. The van der Waals surface area contributed by atoms with Gasteiger partial charge in [0.05, 0.1) is 17.6 Å². The van der Waals surface area contributed by atoms with Crippen molar-refractivity contribution in [2.24, 2.45) is 5.92 Å². The Balaban J connectivity index is 1.69. The molecule has 0 aliphatic carbocycles. The number of sulfonamides is 1. The van der Waals surface area contributed by atoms with Crippen LogP contribution in [0.4, 0.5) is 4.39 Å². The van der Waals surface area contributed by atoms with Crippen molar-refractivity contribution in [1.82, 2.24) is 9.21 Å². The van der Waals surface area contributed by atoms with Crippen LogP contribution in [0.1, 0.15) is 35.7 Å². The number of esters is 1. The van der Waals surface area contributed by atoms with E-state index in [2.05, 4.69) is 0 Å². The van der Waals surface area contributed by atoms with E-state index < -0.39 is 16.0 Å². The molecule has 0 aromatic heterocycles. The van der Waals surface area contributed by atoms with E-state index in [1.807, 2.05) is 6.92 Å². The maximum Gasteiger partial charge on any atom is 0.339 e. The van der Waals surface area contributed by atoms with Crippen LogP contribution >= 0.6 is 0 Å². The third-order valence-corrected chi connectivity index (χ3v) is 7.63. The standard InChI is InChI=1S/C23H27FN2O5S/c1-3-25(16-17-7-6-8-19(24)15-17)22(27)18-11-13-26(14-12-18)32(29,30)21-10-5-4-9-20(21)23(28)31-2/h4-10,15,18H,3,11-14,16H2,1-2H3. The zero-order valence-electron chi connectivity index (χ0n) is 18.2. The lowest BCUT2D eigenvalue weighted by Gasteiger charge is -2.33. The van der Waals surface area contributed by atoms with Crippen LogP contribution in [-0.4, -0.2) is 56.2 Å². The Morgan fingerprint density at radius 3 is 2.44 bits per heavy atom. The second-order valence-corrected chi connectivity index (χ2v) is 9.55. The molecule has 1 saturated heterocycles. The molecule has 1 heterocycles. The molecule has 0 saturated carbocycles. The smallest absolute Gasteiger partial charge is 0.339 e. The van der Waals surface area contributed by atoms with Gasteiger partial charge in [0, 0.05) is 32.1 Å². The Morgan fingerprint density at radius 1 is 1.12 bits per heavy atom. The number of halogens is 1. The molecule has 9 heteroatoms. The normalized spacial score (nSPS) is 15.3.